The summed E-state index contributed by atoms with van der Waals surface area (Å²) in [5.74, 6) is 1.45. The molecular weight excluding hydrogens is 486 g/mol. The number of benzene rings is 4. The van der Waals surface area contributed by atoms with Crippen molar-refractivity contribution in [3.8, 4) is 17.2 Å². The van der Waals surface area contributed by atoms with Crippen LogP contribution < -0.4 is 14.2 Å². The fourth-order valence-corrected chi connectivity index (χ4v) is 4.98. The van der Waals surface area contributed by atoms with Gasteiger partial charge in [-0.2, -0.15) is 0 Å². The molecule has 0 unspecified atom stereocenters. The minimum atomic E-state index is -0.345. The van der Waals surface area contributed by atoms with Crippen molar-refractivity contribution in [1.82, 2.24) is 4.90 Å². The lowest BCUT2D eigenvalue weighted by atomic mass is 10.1. The van der Waals surface area contributed by atoms with Crippen LogP contribution in [0.2, 0.25) is 0 Å². The number of hydrogen-bond acceptors (Lipinski definition) is 6. The van der Waals surface area contributed by atoms with Crippen molar-refractivity contribution in [2.45, 2.75) is 6.61 Å². The van der Waals surface area contributed by atoms with E-state index in [0.29, 0.717) is 28.8 Å². The standard InChI is InChI=1S/C30H25NO5S/c1-34-26-15-6-7-16-27(26)35-18-17-31-29(32)28(37-30(31)33)19-22-10-3-5-14-25(22)36-20-23-12-8-11-21-9-2-4-13-24(21)23/h2-16,19H,17-18,20H2,1H3/b28-19-. The molecule has 0 atom stereocenters. The molecule has 0 aromatic heterocycles. The van der Waals surface area contributed by atoms with E-state index in [1.807, 2.05) is 60.7 Å². The molecule has 0 bridgehead atoms. The van der Waals surface area contributed by atoms with Crippen molar-refractivity contribution < 1.29 is 23.8 Å². The normalized spacial score (nSPS) is 14.4. The van der Waals surface area contributed by atoms with Crippen molar-refractivity contribution in [3.63, 3.8) is 0 Å². The summed E-state index contributed by atoms with van der Waals surface area (Å²) in [5, 5.41) is 1.97. The first-order valence-electron chi connectivity index (χ1n) is 11.8. The van der Waals surface area contributed by atoms with Crippen molar-refractivity contribution in [1.29, 1.82) is 0 Å². The maximum absolute atomic E-state index is 13.0. The van der Waals surface area contributed by atoms with E-state index in [1.54, 1.807) is 25.3 Å². The second-order valence-electron chi connectivity index (χ2n) is 8.30. The van der Waals surface area contributed by atoms with Gasteiger partial charge in [-0.3, -0.25) is 14.5 Å². The zero-order valence-electron chi connectivity index (χ0n) is 20.3. The van der Waals surface area contributed by atoms with E-state index < -0.39 is 0 Å². The smallest absolute Gasteiger partial charge is 0.293 e. The molecule has 2 amide bonds. The maximum Gasteiger partial charge on any atom is 0.293 e. The predicted octanol–water partition coefficient (Wildman–Crippen LogP) is 6.54. The predicted molar refractivity (Wildman–Crippen MR) is 146 cm³/mol. The van der Waals surface area contributed by atoms with Gasteiger partial charge in [0, 0.05) is 5.56 Å². The first-order valence-corrected chi connectivity index (χ1v) is 12.7. The molecule has 7 heteroatoms. The van der Waals surface area contributed by atoms with Gasteiger partial charge < -0.3 is 14.2 Å². The Kier molecular flexibility index (Phi) is 7.42. The molecule has 0 spiro atoms. The zero-order chi connectivity index (χ0) is 25.6. The first kappa shape index (κ1) is 24.5. The summed E-state index contributed by atoms with van der Waals surface area (Å²) in [6.45, 7) is 0.684. The molecule has 6 nitrogen and oxygen atoms in total. The molecule has 186 valence electrons. The van der Waals surface area contributed by atoms with Crippen molar-refractivity contribution in [2.24, 2.45) is 0 Å². The van der Waals surface area contributed by atoms with E-state index in [9.17, 15) is 9.59 Å². The molecule has 37 heavy (non-hydrogen) atoms. The fourth-order valence-electron chi connectivity index (χ4n) is 4.12. The molecule has 1 heterocycles. The Morgan fingerprint density at radius 1 is 0.784 bits per heavy atom. The van der Waals surface area contributed by atoms with Crippen LogP contribution in [0.25, 0.3) is 16.8 Å². The molecule has 5 rings (SSSR count). The zero-order valence-corrected chi connectivity index (χ0v) is 21.1. The number of para-hydroxylation sites is 3. The Labute approximate surface area is 219 Å². The van der Waals surface area contributed by atoms with Crippen molar-refractivity contribution in [3.05, 3.63) is 107 Å². The average Bonchev–Trinajstić information content (AvgIpc) is 3.20. The van der Waals surface area contributed by atoms with Crippen LogP contribution in [-0.4, -0.2) is 36.3 Å². The Balaban J connectivity index is 1.27. The van der Waals surface area contributed by atoms with Gasteiger partial charge in [-0.05, 0) is 52.4 Å². The fraction of sp³-hybridized carbons (Fsp3) is 0.133. The van der Waals surface area contributed by atoms with Crippen LogP contribution in [0.3, 0.4) is 0 Å². The van der Waals surface area contributed by atoms with Gasteiger partial charge >= 0.3 is 0 Å². The second kappa shape index (κ2) is 11.2. The minimum Gasteiger partial charge on any atom is -0.493 e. The molecule has 4 aromatic carbocycles. The molecule has 1 aliphatic rings. The summed E-state index contributed by atoms with van der Waals surface area (Å²) in [7, 11) is 1.56. The Morgan fingerprint density at radius 3 is 2.32 bits per heavy atom. The number of carbonyl (C=O) groups excluding carboxylic acids is 2. The van der Waals surface area contributed by atoms with Gasteiger partial charge in [-0.15, -0.1) is 0 Å². The first-order chi connectivity index (χ1) is 18.1. The van der Waals surface area contributed by atoms with Gasteiger partial charge in [0.05, 0.1) is 18.6 Å². The SMILES string of the molecule is COc1ccccc1OCCN1C(=O)S/C(=C\c2ccccc2OCc2cccc3ccccc23)C1=O. The van der Waals surface area contributed by atoms with Gasteiger partial charge in [0.1, 0.15) is 19.0 Å². The highest BCUT2D eigenvalue weighted by Crippen LogP contribution is 2.34. The number of ether oxygens (including phenoxy) is 3. The van der Waals surface area contributed by atoms with Crippen molar-refractivity contribution in [2.75, 3.05) is 20.3 Å². The van der Waals surface area contributed by atoms with E-state index in [1.165, 1.54) is 4.90 Å². The van der Waals surface area contributed by atoms with Crippen LogP contribution in [0.1, 0.15) is 11.1 Å². The quantitative estimate of drug-likeness (QED) is 0.238. The molecule has 0 saturated carbocycles. The third-order valence-electron chi connectivity index (χ3n) is 5.98. The number of rotatable bonds is 9. The number of carbonyl (C=O) groups is 2. The highest BCUT2D eigenvalue weighted by molar-refractivity contribution is 8.18. The number of thioether (sulfide) groups is 1. The summed E-state index contributed by atoms with van der Waals surface area (Å²) >= 11 is 0.918. The average molecular weight is 512 g/mol. The molecule has 1 fully saturated rings. The van der Waals surface area contributed by atoms with E-state index in [0.717, 1.165) is 33.7 Å². The lowest BCUT2D eigenvalue weighted by Crippen LogP contribution is -2.32. The molecule has 1 aliphatic heterocycles. The molecule has 1 saturated heterocycles. The Hall–Kier alpha value is -4.23. The minimum absolute atomic E-state index is 0.138. The third-order valence-corrected chi connectivity index (χ3v) is 6.89. The monoisotopic (exact) mass is 511 g/mol. The Bertz CT molecular complexity index is 1480. The van der Waals surface area contributed by atoms with E-state index in [4.69, 9.17) is 14.2 Å². The Morgan fingerprint density at radius 2 is 1.49 bits per heavy atom. The van der Waals surface area contributed by atoms with Crippen LogP contribution in [0.4, 0.5) is 4.79 Å². The van der Waals surface area contributed by atoms with Gasteiger partial charge in [0.25, 0.3) is 11.1 Å². The van der Waals surface area contributed by atoms with Crippen molar-refractivity contribution >= 4 is 39.8 Å². The van der Waals surface area contributed by atoms with E-state index in [-0.39, 0.29) is 24.3 Å². The number of fused-ring (bicyclic) bond motifs is 1. The van der Waals surface area contributed by atoms with E-state index in [2.05, 4.69) is 18.2 Å². The summed E-state index contributed by atoms with van der Waals surface area (Å²) in [6.07, 6.45) is 1.71. The van der Waals surface area contributed by atoms with Crippen LogP contribution in [-0.2, 0) is 11.4 Å². The number of hydrogen-bond donors (Lipinski definition) is 0. The van der Waals surface area contributed by atoms with E-state index >= 15 is 0 Å². The summed E-state index contributed by atoms with van der Waals surface area (Å²) < 4.78 is 17.2. The lowest BCUT2D eigenvalue weighted by Gasteiger charge is -2.14. The summed E-state index contributed by atoms with van der Waals surface area (Å²) in [5.41, 5.74) is 1.81. The second-order valence-corrected chi connectivity index (χ2v) is 9.29. The van der Waals surface area contributed by atoms with Gasteiger partial charge in [-0.25, -0.2) is 0 Å². The molecule has 0 N–H and O–H groups in total. The molecule has 0 aliphatic carbocycles. The van der Waals surface area contributed by atoms with Crippen LogP contribution in [0, 0.1) is 0 Å². The number of amides is 2. The topological polar surface area (TPSA) is 65.1 Å². The van der Waals surface area contributed by atoms with Gasteiger partial charge in [-0.1, -0.05) is 72.8 Å². The largest absolute Gasteiger partial charge is 0.493 e. The number of imide groups is 1. The van der Waals surface area contributed by atoms with Gasteiger partial charge in [0.2, 0.25) is 0 Å². The molecule has 0 radical (unpaired) electrons. The summed E-state index contributed by atoms with van der Waals surface area (Å²) in [4.78, 5) is 27.2. The van der Waals surface area contributed by atoms with Crippen LogP contribution in [0.5, 0.6) is 17.2 Å². The molecule has 4 aromatic rings. The third kappa shape index (κ3) is 5.47. The molecular formula is C30H25NO5S. The van der Waals surface area contributed by atoms with Gasteiger partial charge in [0.15, 0.2) is 11.5 Å². The lowest BCUT2D eigenvalue weighted by molar-refractivity contribution is -0.123. The van der Waals surface area contributed by atoms with Crippen LogP contribution >= 0.6 is 11.8 Å². The summed E-state index contributed by atoms with van der Waals surface area (Å²) in [6, 6.07) is 29.1. The maximum atomic E-state index is 13.0. The van der Waals surface area contributed by atoms with Crippen LogP contribution in [0.15, 0.2) is 95.9 Å². The highest BCUT2D eigenvalue weighted by atomic mass is 32.2. The number of methoxy groups -OCH3 is 1. The number of nitrogens with zero attached hydrogens (tertiary/aromatic N) is 1. The highest BCUT2D eigenvalue weighted by Gasteiger charge is 2.35.